The Balaban J connectivity index is 4.27. The summed E-state index contributed by atoms with van der Waals surface area (Å²) in [6, 6.07) is 0. The molecule has 0 saturated heterocycles. The van der Waals surface area contributed by atoms with Crippen LogP contribution in [-0.4, -0.2) is 7.05 Å². The molecule has 76 valence electrons. The first-order valence-electron chi connectivity index (χ1n) is 5.20. The molecule has 0 saturated carbocycles. The number of allylic oxidation sites excluding steroid dienone is 2. The highest BCUT2D eigenvalue weighted by atomic mass is 14.8. The maximum absolute atomic E-state index is 4.07. The van der Waals surface area contributed by atoms with E-state index in [0.29, 0.717) is 0 Å². The minimum absolute atomic E-state index is 0.753. The van der Waals surface area contributed by atoms with Crippen molar-refractivity contribution in [3.63, 3.8) is 0 Å². The molecule has 0 rings (SSSR count). The van der Waals surface area contributed by atoms with Crippen LogP contribution < -0.4 is 5.32 Å². The van der Waals surface area contributed by atoms with Crippen molar-refractivity contribution in [2.75, 3.05) is 7.05 Å². The van der Waals surface area contributed by atoms with Crippen molar-refractivity contribution in [3.05, 3.63) is 23.9 Å². The lowest BCUT2D eigenvalue weighted by atomic mass is 9.94. The Hall–Kier alpha value is -0.720. The van der Waals surface area contributed by atoms with E-state index in [9.17, 15) is 0 Å². The smallest absolute Gasteiger partial charge is 0.00278 e. The number of nitrogens with one attached hydrogen (secondary N) is 1. The van der Waals surface area contributed by atoms with Crippen LogP contribution in [0, 0.1) is 5.92 Å². The van der Waals surface area contributed by atoms with Crippen LogP contribution in [0.4, 0.5) is 0 Å². The lowest BCUT2D eigenvalue weighted by Crippen LogP contribution is -2.02. The number of hydrogen-bond acceptors (Lipinski definition) is 1. The SMILES string of the molecule is C=C(CC)/C(=C\NC)CC(C)CC. The molecule has 1 atom stereocenters. The first-order valence-corrected chi connectivity index (χ1v) is 5.20. The molecule has 0 fully saturated rings. The van der Waals surface area contributed by atoms with Crippen molar-refractivity contribution < 1.29 is 0 Å². The largest absolute Gasteiger partial charge is 0.394 e. The molecule has 0 aliphatic carbocycles. The normalized spacial score (nSPS) is 14.0. The molecule has 0 bridgehead atoms. The molecule has 1 N–H and O–H groups in total. The molecule has 0 spiro atoms. The quantitative estimate of drug-likeness (QED) is 0.618. The average Bonchev–Trinajstić information content (AvgIpc) is 2.15. The molecule has 0 aliphatic rings. The van der Waals surface area contributed by atoms with E-state index in [1.807, 2.05) is 7.05 Å². The average molecular weight is 181 g/mol. The zero-order valence-electron chi connectivity index (χ0n) is 9.48. The summed E-state index contributed by atoms with van der Waals surface area (Å²) in [6.45, 7) is 10.7. The zero-order chi connectivity index (χ0) is 10.3. The lowest BCUT2D eigenvalue weighted by molar-refractivity contribution is 0.557. The molecule has 1 heteroatoms. The summed E-state index contributed by atoms with van der Waals surface area (Å²) in [7, 11) is 1.94. The van der Waals surface area contributed by atoms with Crippen LogP contribution in [0.2, 0.25) is 0 Å². The summed E-state index contributed by atoms with van der Waals surface area (Å²) in [5, 5.41) is 3.09. The third-order valence-electron chi connectivity index (χ3n) is 2.46. The number of hydrogen-bond donors (Lipinski definition) is 1. The standard InChI is InChI=1S/C12H23N/c1-6-10(3)8-12(9-13-5)11(4)7-2/h9-10,13H,4,6-8H2,1-3,5H3/b12-9-. The topological polar surface area (TPSA) is 12.0 Å². The van der Waals surface area contributed by atoms with Crippen LogP contribution in [0.1, 0.15) is 40.0 Å². The van der Waals surface area contributed by atoms with Gasteiger partial charge in [-0.15, -0.1) is 0 Å². The fourth-order valence-electron chi connectivity index (χ4n) is 1.23. The first-order chi connectivity index (χ1) is 6.15. The van der Waals surface area contributed by atoms with E-state index in [1.54, 1.807) is 0 Å². The summed E-state index contributed by atoms with van der Waals surface area (Å²) in [6.07, 6.45) is 5.50. The van der Waals surface area contributed by atoms with Gasteiger partial charge in [-0.2, -0.15) is 0 Å². The van der Waals surface area contributed by atoms with Crippen molar-refractivity contribution >= 4 is 0 Å². The molecule has 0 aromatic heterocycles. The monoisotopic (exact) mass is 181 g/mol. The van der Waals surface area contributed by atoms with Crippen LogP contribution in [0.25, 0.3) is 0 Å². The summed E-state index contributed by atoms with van der Waals surface area (Å²) in [4.78, 5) is 0. The van der Waals surface area contributed by atoms with Gasteiger partial charge in [-0.25, -0.2) is 0 Å². The van der Waals surface area contributed by atoms with Crippen molar-refractivity contribution in [3.8, 4) is 0 Å². The third kappa shape index (κ3) is 4.76. The van der Waals surface area contributed by atoms with Crippen molar-refractivity contribution in [1.29, 1.82) is 0 Å². The molecule has 0 aromatic rings. The molecule has 0 aromatic carbocycles. The molecule has 0 radical (unpaired) electrons. The molecular weight excluding hydrogens is 158 g/mol. The molecular formula is C12H23N. The molecule has 1 unspecified atom stereocenters. The summed E-state index contributed by atoms with van der Waals surface area (Å²) >= 11 is 0. The van der Waals surface area contributed by atoms with Crippen molar-refractivity contribution in [2.45, 2.75) is 40.0 Å². The zero-order valence-corrected chi connectivity index (χ0v) is 9.48. The molecule has 1 nitrogen and oxygen atoms in total. The van der Waals surface area contributed by atoms with Gasteiger partial charge >= 0.3 is 0 Å². The molecule has 0 aliphatic heterocycles. The Morgan fingerprint density at radius 2 is 2.08 bits per heavy atom. The highest BCUT2D eigenvalue weighted by Gasteiger charge is 2.05. The van der Waals surface area contributed by atoms with Crippen LogP contribution in [0.3, 0.4) is 0 Å². The molecule has 0 heterocycles. The van der Waals surface area contributed by atoms with E-state index in [4.69, 9.17) is 0 Å². The second kappa shape index (κ2) is 6.76. The van der Waals surface area contributed by atoms with E-state index in [2.05, 4.69) is 38.9 Å². The second-order valence-corrected chi connectivity index (χ2v) is 3.63. The fraction of sp³-hybridized carbons (Fsp3) is 0.667. The van der Waals surface area contributed by atoms with E-state index in [1.165, 1.54) is 17.6 Å². The number of rotatable bonds is 6. The molecule has 13 heavy (non-hydrogen) atoms. The highest BCUT2D eigenvalue weighted by molar-refractivity contribution is 5.27. The van der Waals surface area contributed by atoms with Crippen LogP contribution in [-0.2, 0) is 0 Å². The van der Waals surface area contributed by atoms with E-state index in [-0.39, 0.29) is 0 Å². The van der Waals surface area contributed by atoms with Gasteiger partial charge in [-0.1, -0.05) is 39.3 Å². The van der Waals surface area contributed by atoms with Crippen LogP contribution in [0.15, 0.2) is 23.9 Å². The van der Waals surface area contributed by atoms with Gasteiger partial charge in [0.25, 0.3) is 0 Å². The van der Waals surface area contributed by atoms with E-state index in [0.717, 1.165) is 18.8 Å². The third-order valence-corrected chi connectivity index (χ3v) is 2.46. The van der Waals surface area contributed by atoms with Gasteiger partial charge in [0.1, 0.15) is 0 Å². The predicted molar refractivity (Wildman–Crippen MR) is 60.6 cm³/mol. The van der Waals surface area contributed by atoms with Gasteiger partial charge < -0.3 is 5.32 Å². The van der Waals surface area contributed by atoms with Gasteiger partial charge in [0, 0.05) is 7.05 Å². The minimum Gasteiger partial charge on any atom is -0.394 e. The summed E-state index contributed by atoms with van der Waals surface area (Å²) < 4.78 is 0. The van der Waals surface area contributed by atoms with Gasteiger partial charge in [-0.3, -0.25) is 0 Å². The predicted octanol–water partition coefficient (Wildman–Crippen LogP) is 3.49. The summed E-state index contributed by atoms with van der Waals surface area (Å²) in [5.41, 5.74) is 2.63. The highest BCUT2D eigenvalue weighted by Crippen LogP contribution is 2.21. The minimum atomic E-state index is 0.753. The Kier molecular flexibility index (Phi) is 6.38. The lowest BCUT2D eigenvalue weighted by Gasteiger charge is -2.13. The maximum atomic E-state index is 4.07. The van der Waals surface area contributed by atoms with Gasteiger partial charge in [0.2, 0.25) is 0 Å². The van der Waals surface area contributed by atoms with Crippen molar-refractivity contribution in [1.82, 2.24) is 5.32 Å². The molecule has 0 amide bonds. The van der Waals surface area contributed by atoms with Gasteiger partial charge in [0.15, 0.2) is 0 Å². The Morgan fingerprint density at radius 3 is 2.46 bits per heavy atom. The van der Waals surface area contributed by atoms with E-state index < -0.39 is 0 Å². The Bertz CT molecular complexity index is 180. The van der Waals surface area contributed by atoms with E-state index >= 15 is 0 Å². The fourth-order valence-corrected chi connectivity index (χ4v) is 1.23. The van der Waals surface area contributed by atoms with Crippen LogP contribution in [0.5, 0.6) is 0 Å². The first kappa shape index (κ1) is 12.3. The maximum Gasteiger partial charge on any atom is 0.00278 e. The van der Waals surface area contributed by atoms with Crippen LogP contribution >= 0.6 is 0 Å². The Morgan fingerprint density at radius 1 is 1.46 bits per heavy atom. The Labute approximate surface area is 82.9 Å². The summed E-state index contributed by atoms with van der Waals surface area (Å²) in [5.74, 6) is 0.753. The van der Waals surface area contributed by atoms with Crippen molar-refractivity contribution in [2.24, 2.45) is 5.92 Å². The van der Waals surface area contributed by atoms with Gasteiger partial charge in [-0.05, 0) is 30.5 Å². The van der Waals surface area contributed by atoms with Gasteiger partial charge in [0.05, 0.1) is 0 Å². The second-order valence-electron chi connectivity index (χ2n) is 3.63.